The number of hydrogen-bond donors (Lipinski definition) is 2. The average molecular weight is 266 g/mol. The highest BCUT2D eigenvalue weighted by Crippen LogP contribution is 2.16. The fourth-order valence-corrected chi connectivity index (χ4v) is 1.76. The van der Waals surface area contributed by atoms with Crippen LogP contribution in [0.1, 0.15) is 39.0 Å². The first-order valence-electron chi connectivity index (χ1n) is 6.74. The van der Waals surface area contributed by atoms with E-state index in [0.29, 0.717) is 6.61 Å². The molecule has 0 saturated carbocycles. The second-order valence-electron chi connectivity index (χ2n) is 4.78. The van der Waals surface area contributed by atoms with Gasteiger partial charge in [-0.15, -0.1) is 0 Å². The van der Waals surface area contributed by atoms with Gasteiger partial charge in [-0.3, -0.25) is 4.79 Å². The Hall–Kier alpha value is -1.71. The monoisotopic (exact) mass is 266 g/mol. The highest BCUT2D eigenvalue weighted by molar-refractivity contribution is 5.69. The number of carbonyl (C=O) groups is 1. The van der Waals surface area contributed by atoms with E-state index in [1.165, 1.54) is 0 Å². The van der Waals surface area contributed by atoms with Crippen LogP contribution in [0.4, 0.5) is 0 Å². The summed E-state index contributed by atoms with van der Waals surface area (Å²) in [4.78, 5) is 10.6. The Morgan fingerprint density at radius 1 is 1.16 bits per heavy atom. The van der Waals surface area contributed by atoms with Gasteiger partial charge in [0.15, 0.2) is 0 Å². The number of rotatable bonds is 9. The largest absolute Gasteiger partial charge is 0.508 e. The molecule has 106 valence electrons. The molecule has 0 fully saturated rings. The quantitative estimate of drug-likeness (QED) is 0.672. The second-order valence-corrected chi connectivity index (χ2v) is 4.78. The zero-order chi connectivity index (χ0) is 14.1. The van der Waals surface area contributed by atoms with Gasteiger partial charge >= 0.3 is 5.97 Å². The van der Waals surface area contributed by atoms with Crippen molar-refractivity contribution in [2.45, 2.75) is 39.0 Å². The van der Waals surface area contributed by atoms with Crippen molar-refractivity contribution >= 4 is 5.97 Å². The van der Waals surface area contributed by atoms with Crippen LogP contribution < -0.4 is 4.74 Å². The normalized spacial score (nSPS) is 12.1. The van der Waals surface area contributed by atoms with Gasteiger partial charge < -0.3 is 14.9 Å². The zero-order valence-electron chi connectivity index (χ0n) is 11.3. The van der Waals surface area contributed by atoms with E-state index in [1.54, 1.807) is 31.2 Å². The molecule has 0 saturated heterocycles. The van der Waals surface area contributed by atoms with Gasteiger partial charge in [-0.1, -0.05) is 26.2 Å². The number of carboxylic acid groups (broad SMARTS) is 1. The number of phenols is 1. The van der Waals surface area contributed by atoms with Crippen LogP contribution in [-0.2, 0) is 4.79 Å². The van der Waals surface area contributed by atoms with Gasteiger partial charge in [0.25, 0.3) is 0 Å². The van der Waals surface area contributed by atoms with Gasteiger partial charge in [0.05, 0.1) is 12.5 Å². The van der Waals surface area contributed by atoms with Crippen molar-refractivity contribution < 1.29 is 19.7 Å². The van der Waals surface area contributed by atoms with Gasteiger partial charge in [0.1, 0.15) is 11.5 Å². The Kier molecular flexibility index (Phi) is 6.79. The summed E-state index contributed by atoms with van der Waals surface area (Å²) in [6, 6.07) is 6.68. The summed E-state index contributed by atoms with van der Waals surface area (Å²) in [7, 11) is 0. The molecule has 19 heavy (non-hydrogen) atoms. The van der Waals surface area contributed by atoms with Crippen LogP contribution in [-0.4, -0.2) is 22.8 Å². The summed E-state index contributed by atoms with van der Waals surface area (Å²) in [5.41, 5.74) is 0. The maximum absolute atomic E-state index is 10.6. The molecule has 0 spiro atoms. The fourth-order valence-electron chi connectivity index (χ4n) is 1.76. The Morgan fingerprint density at radius 2 is 1.79 bits per heavy atom. The molecule has 1 unspecified atom stereocenters. The molecule has 0 heterocycles. The van der Waals surface area contributed by atoms with Crippen molar-refractivity contribution in [3.63, 3.8) is 0 Å². The smallest absolute Gasteiger partial charge is 0.306 e. The lowest BCUT2D eigenvalue weighted by molar-refractivity contribution is -0.141. The Morgan fingerprint density at radius 3 is 2.42 bits per heavy atom. The molecule has 0 amide bonds. The minimum atomic E-state index is -0.712. The molecule has 0 aliphatic heterocycles. The SMILES string of the molecule is CC(CCCCCCOc1ccc(O)cc1)C(=O)O. The van der Waals surface area contributed by atoms with Crippen LogP contribution in [0.15, 0.2) is 24.3 Å². The van der Waals surface area contributed by atoms with Crippen molar-refractivity contribution in [1.82, 2.24) is 0 Å². The third-order valence-electron chi connectivity index (χ3n) is 3.06. The van der Waals surface area contributed by atoms with E-state index >= 15 is 0 Å². The van der Waals surface area contributed by atoms with E-state index < -0.39 is 5.97 Å². The van der Waals surface area contributed by atoms with Crippen molar-refractivity contribution in [1.29, 1.82) is 0 Å². The first-order valence-corrected chi connectivity index (χ1v) is 6.74. The van der Waals surface area contributed by atoms with Crippen LogP contribution in [0.3, 0.4) is 0 Å². The van der Waals surface area contributed by atoms with Crippen molar-refractivity contribution in [3.8, 4) is 11.5 Å². The van der Waals surface area contributed by atoms with E-state index in [-0.39, 0.29) is 11.7 Å². The second kappa shape index (κ2) is 8.40. The summed E-state index contributed by atoms with van der Waals surface area (Å²) in [6.07, 6.45) is 4.74. The van der Waals surface area contributed by atoms with Crippen LogP contribution in [0.5, 0.6) is 11.5 Å². The van der Waals surface area contributed by atoms with Gasteiger partial charge in [-0.05, 0) is 37.1 Å². The molecule has 2 N–H and O–H groups in total. The maximum atomic E-state index is 10.6. The molecule has 0 aromatic heterocycles. The lowest BCUT2D eigenvalue weighted by Crippen LogP contribution is -2.08. The maximum Gasteiger partial charge on any atom is 0.306 e. The van der Waals surface area contributed by atoms with E-state index in [9.17, 15) is 4.79 Å². The standard InChI is InChI=1S/C15H22O4/c1-12(15(17)18)6-4-2-3-5-11-19-14-9-7-13(16)8-10-14/h7-10,12,16H,2-6,11H2,1H3,(H,17,18). The van der Waals surface area contributed by atoms with E-state index in [1.807, 2.05) is 0 Å². The zero-order valence-corrected chi connectivity index (χ0v) is 11.3. The lowest BCUT2D eigenvalue weighted by atomic mass is 10.0. The first kappa shape index (κ1) is 15.3. The van der Waals surface area contributed by atoms with Crippen LogP contribution in [0.25, 0.3) is 0 Å². The minimum absolute atomic E-state index is 0.236. The molecule has 0 bridgehead atoms. The molecule has 4 nitrogen and oxygen atoms in total. The molecule has 1 aromatic carbocycles. The number of phenolic OH excluding ortho intramolecular Hbond substituents is 1. The van der Waals surface area contributed by atoms with E-state index in [2.05, 4.69) is 0 Å². The summed E-state index contributed by atoms with van der Waals surface area (Å²) < 4.78 is 5.52. The molecular weight excluding hydrogens is 244 g/mol. The molecule has 0 radical (unpaired) electrons. The molecule has 4 heteroatoms. The van der Waals surface area contributed by atoms with Crippen LogP contribution in [0, 0.1) is 5.92 Å². The topological polar surface area (TPSA) is 66.8 Å². The molecule has 1 rings (SSSR count). The summed E-state index contributed by atoms with van der Waals surface area (Å²) in [6.45, 7) is 2.40. The van der Waals surface area contributed by atoms with E-state index in [0.717, 1.165) is 37.9 Å². The van der Waals surface area contributed by atoms with Crippen molar-refractivity contribution in [3.05, 3.63) is 24.3 Å². The van der Waals surface area contributed by atoms with Crippen LogP contribution >= 0.6 is 0 Å². The Bertz CT molecular complexity index is 372. The number of unbranched alkanes of at least 4 members (excludes halogenated alkanes) is 3. The average Bonchev–Trinajstić information content (AvgIpc) is 2.39. The molecule has 1 atom stereocenters. The highest BCUT2D eigenvalue weighted by atomic mass is 16.5. The number of ether oxygens (including phenoxy) is 1. The van der Waals surface area contributed by atoms with E-state index in [4.69, 9.17) is 14.9 Å². The summed E-state index contributed by atoms with van der Waals surface area (Å²) in [5.74, 6) is 0.0427. The number of aliphatic carboxylic acids is 1. The van der Waals surface area contributed by atoms with Crippen molar-refractivity contribution in [2.24, 2.45) is 5.92 Å². The molecule has 0 aliphatic carbocycles. The number of aromatic hydroxyl groups is 1. The summed E-state index contributed by atoms with van der Waals surface area (Å²) >= 11 is 0. The highest BCUT2D eigenvalue weighted by Gasteiger charge is 2.09. The minimum Gasteiger partial charge on any atom is -0.508 e. The number of hydrogen-bond acceptors (Lipinski definition) is 3. The van der Waals surface area contributed by atoms with Gasteiger partial charge in [-0.25, -0.2) is 0 Å². The van der Waals surface area contributed by atoms with Gasteiger partial charge in [0, 0.05) is 0 Å². The molecule has 1 aromatic rings. The Labute approximate surface area is 114 Å². The lowest BCUT2D eigenvalue weighted by Gasteiger charge is -2.07. The van der Waals surface area contributed by atoms with Gasteiger partial charge in [0.2, 0.25) is 0 Å². The third-order valence-corrected chi connectivity index (χ3v) is 3.06. The van der Waals surface area contributed by atoms with Crippen molar-refractivity contribution in [2.75, 3.05) is 6.61 Å². The summed E-state index contributed by atoms with van der Waals surface area (Å²) in [5, 5.41) is 17.8. The fraction of sp³-hybridized carbons (Fsp3) is 0.533. The third kappa shape index (κ3) is 6.70. The van der Waals surface area contributed by atoms with Crippen LogP contribution in [0.2, 0.25) is 0 Å². The number of carboxylic acids is 1. The molecular formula is C15H22O4. The predicted molar refractivity (Wildman–Crippen MR) is 73.5 cm³/mol. The predicted octanol–water partition coefficient (Wildman–Crippen LogP) is 3.44. The Balaban J connectivity index is 1.99. The molecule has 0 aliphatic rings. The number of benzene rings is 1. The van der Waals surface area contributed by atoms with Gasteiger partial charge in [-0.2, -0.15) is 0 Å². The first-order chi connectivity index (χ1) is 9.09.